The molecule has 0 unspecified atom stereocenters. The summed E-state index contributed by atoms with van der Waals surface area (Å²) in [6.07, 6.45) is 0.922. The van der Waals surface area contributed by atoms with Gasteiger partial charge in [0.05, 0.1) is 11.4 Å². The van der Waals surface area contributed by atoms with Crippen molar-refractivity contribution >= 4 is 21.6 Å². The summed E-state index contributed by atoms with van der Waals surface area (Å²) in [4.78, 5) is 0. The second-order valence-corrected chi connectivity index (χ2v) is 8.30. The van der Waals surface area contributed by atoms with Crippen LogP contribution < -0.4 is 4.72 Å². The minimum Gasteiger partial charge on any atom is -0.388 e. The summed E-state index contributed by atoms with van der Waals surface area (Å²) in [6, 6.07) is 14.5. The summed E-state index contributed by atoms with van der Waals surface area (Å²) < 4.78 is 27.0. The van der Waals surface area contributed by atoms with E-state index < -0.39 is 15.6 Å². The van der Waals surface area contributed by atoms with Crippen molar-refractivity contribution < 1.29 is 13.5 Å². The van der Waals surface area contributed by atoms with Crippen LogP contribution in [0.4, 0.5) is 0 Å². The minimum atomic E-state index is -3.53. The standard InChI is InChI=1S/C17H18ClNO3S/c18-16-7-3-4-13(8-16)11-23(21,22)19-12-17(20)9-14-5-1-2-6-15(14)10-17/h1-8,19-20H,9-12H2. The molecule has 2 aromatic carbocycles. The van der Waals surface area contributed by atoms with Crippen LogP contribution in [-0.2, 0) is 28.6 Å². The zero-order valence-corrected chi connectivity index (χ0v) is 14.1. The molecule has 122 valence electrons. The Morgan fingerprint density at radius 1 is 1.09 bits per heavy atom. The highest BCUT2D eigenvalue weighted by atomic mass is 35.5. The zero-order chi connectivity index (χ0) is 16.5. The van der Waals surface area contributed by atoms with Gasteiger partial charge < -0.3 is 5.11 Å². The predicted octanol–water partition coefficient (Wildman–Crippen LogP) is 2.29. The molecular weight excluding hydrogens is 334 g/mol. The van der Waals surface area contributed by atoms with Crippen LogP contribution >= 0.6 is 11.6 Å². The van der Waals surface area contributed by atoms with Gasteiger partial charge in [-0.1, -0.05) is 48.0 Å². The third kappa shape index (κ3) is 4.12. The van der Waals surface area contributed by atoms with Gasteiger partial charge >= 0.3 is 0 Å². The predicted molar refractivity (Wildman–Crippen MR) is 90.9 cm³/mol. The van der Waals surface area contributed by atoms with Crippen LogP contribution in [-0.4, -0.2) is 25.7 Å². The summed E-state index contributed by atoms with van der Waals surface area (Å²) in [7, 11) is -3.53. The van der Waals surface area contributed by atoms with E-state index in [1.54, 1.807) is 24.3 Å². The molecule has 0 heterocycles. The monoisotopic (exact) mass is 351 g/mol. The molecule has 0 radical (unpaired) electrons. The minimum absolute atomic E-state index is 0.00454. The van der Waals surface area contributed by atoms with Crippen molar-refractivity contribution in [3.63, 3.8) is 0 Å². The molecule has 0 fully saturated rings. The van der Waals surface area contributed by atoms with E-state index in [2.05, 4.69) is 4.72 Å². The molecule has 0 atom stereocenters. The van der Waals surface area contributed by atoms with E-state index in [0.717, 1.165) is 11.1 Å². The highest BCUT2D eigenvalue weighted by molar-refractivity contribution is 7.88. The number of hydrogen-bond acceptors (Lipinski definition) is 3. The fraction of sp³-hybridized carbons (Fsp3) is 0.294. The summed E-state index contributed by atoms with van der Waals surface area (Å²) in [6.45, 7) is 0.00454. The third-order valence-corrected chi connectivity index (χ3v) is 5.56. The largest absolute Gasteiger partial charge is 0.388 e. The van der Waals surface area contributed by atoms with E-state index in [1.807, 2.05) is 24.3 Å². The number of fused-ring (bicyclic) bond motifs is 1. The molecule has 1 aliphatic rings. The van der Waals surface area contributed by atoms with Gasteiger partial charge in [-0.05, 0) is 28.8 Å². The van der Waals surface area contributed by atoms with E-state index >= 15 is 0 Å². The van der Waals surface area contributed by atoms with Crippen molar-refractivity contribution in [1.82, 2.24) is 4.72 Å². The van der Waals surface area contributed by atoms with Crippen molar-refractivity contribution in [3.05, 3.63) is 70.2 Å². The number of rotatable bonds is 5. The van der Waals surface area contributed by atoms with E-state index in [1.165, 1.54) is 0 Å². The van der Waals surface area contributed by atoms with Gasteiger partial charge in [0.2, 0.25) is 10.0 Å². The Bertz CT molecular complexity index is 795. The van der Waals surface area contributed by atoms with E-state index in [0.29, 0.717) is 23.4 Å². The summed E-state index contributed by atoms with van der Waals surface area (Å²) in [5.74, 6) is -0.156. The van der Waals surface area contributed by atoms with Crippen LogP contribution in [0, 0.1) is 0 Å². The highest BCUT2D eigenvalue weighted by Crippen LogP contribution is 2.29. The van der Waals surface area contributed by atoms with Crippen molar-refractivity contribution in [2.24, 2.45) is 0 Å². The lowest BCUT2D eigenvalue weighted by Crippen LogP contribution is -2.43. The Balaban J connectivity index is 1.64. The van der Waals surface area contributed by atoms with Crippen molar-refractivity contribution in [1.29, 1.82) is 0 Å². The summed E-state index contributed by atoms with van der Waals surface area (Å²) in [5, 5.41) is 11.1. The first-order valence-corrected chi connectivity index (χ1v) is 9.39. The zero-order valence-electron chi connectivity index (χ0n) is 12.5. The maximum absolute atomic E-state index is 12.2. The Morgan fingerprint density at radius 3 is 2.35 bits per heavy atom. The van der Waals surface area contributed by atoms with Crippen LogP contribution in [0.1, 0.15) is 16.7 Å². The number of nitrogens with one attached hydrogen (secondary N) is 1. The van der Waals surface area contributed by atoms with E-state index in [-0.39, 0.29) is 12.3 Å². The number of aliphatic hydroxyl groups is 1. The second-order valence-electron chi connectivity index (χ2n) is 6.06. The van der Waals surface area contributed by atoms with Crippen molar-refractivity contribution in [2.45, 2.75) is 24.2 Å². The molecule has 0 spiro atoms. The molecule has 2 N–H and O–H groups in total. The lowest BCUT2D eigenvalue weighted by Gasteiger charge is -2.22. The number of sulfonamides is 1. The molecule has 4 nitrogen and oxygen atoms in total. The Hall–Kier alpha value is -1.40. The SMILES string of the molecule is O=S(=O)(Cc1cccc(Cl)c1)NCC1(O)Cc2ccccc2C1. The lowest BCUT2D eigenvalue weighted by molar-refractivity contribution is 0.0567. The molecule has 0 saturated carbocycles. The van der Waals surface area contributed by atoms with E-state index in [4.69, 9.17) is 11.6 Å². The quantitative estimate of drug-likeness (QED) is 0.868. The average molecular weight is 352 g/mol. The molecule has 0 bridgehead atoms. The summed E-state index contributed by atoms with van der Waals surface area (Å²) >= 11 is 5.87. The van der Waals surface area contributed by atoms with Crippen LogP contribution in [0.3, 0.4) is 0 Å². The number of halogens is 1. The first-order valence-electron chi connectivity index (χ1n) is 7.36. The Labute approximate surface area is 141 Å². The number of benzene rings is 2. The normalized spacial score (nSPS) is 16.3. The second kappa shape index (κ2) is 6.24. The maximum Gasteiger partial charge on any atom is 0.215 e. The van der Waals surface area contributed by atoms with Gasteiger partial charge in [0.15, 0.2) is 0 Å². The molecule has 0 saturated heterocycles. The molecule has 0 amide bonds. The Kier molecular flexibility index (Phi) is 4.47. The van der Waals surface area contributed by atoms with Crippen molar-refractivity contribution in [2.75, 3.05) is 6.54 Å². The molecule has 23 heavy (non-hydrogen) atoms. The van der Waals surface area contributed by atoms with Gasteiger partial charge in [-0.3, -0.25) is 0 Å². The molecule has 1 aliphatic carbocycles. The lowest BCUT2D eigenvalue weighted by atomic mass is 10.0. The topological polar surface area (TPSA) is 66.4 Å². The fourth-order valence-corrected chi connectivity index (χ4v) is 4.36. The fourth-order valence-electron chi connectivity index (χ4n) is 2.94. The van der Waals surface area contributed by atoms with Crippen LogP contribution in [0.15, 0.2) is 48.5 Å². The molecule has 0 aromatic heterocycles. The highest BCUT2D eigenvalue weighted by Gasteiger charge is 2.35. The first kappa shape index (κ1) is 16.5. The molecule has 0 aliphatic heterocycles. The summed E-state index contributed by atoms with van der Waals surface area (Å²) in [5.41, 5.74) is 1.70. The van der Waals surface area contributed by atoms with Gasteiger partial charge in [0.25, 0.3) is 0 Å². The van der Waals surface area contributed by atoms with Crippen LogP contribution in [0.25, 0.3) is 0 Å². The molecular formula is C17H18ClNO3S. The van der Waals surface area contributed by atoms with Gasteiger partial charge in [-0.25, -0.2) is 13.1 Å². The van der Waals surface area contributed by atoms with Gasteiger partial charge in [0.1, 0.15) is 0 Å². The molecule has 6 heteroatoms. The molecule has 3 rings (SSSR count). The average Bonchev–Trinajstić information content (AvgIpc) is 2.82. The van der Waals surface area contributed by atoms with Gasteiger partial charge in [-0.2, -0.15) is 0 Å². The van der Waals surface area contributed by atoms with Crippen LogP contribution in [0.5, 0.6) is 0 Å². The number of hydrogen-bond donors (Lipinski definition) is 2. The smallest absolute Gasteiger partial charge is 0.215 e. The van der Waals surface area contributed by atoms with Gasteiger partial charge in [0, 0.05) is 24.4 Å². The maximum atomic E-state index is 12.2. The van der Waals surface area contributed by atoms with Crippen molar-refractivity contribution in [3.8, 4) is 0 Å². The van der Waals surface area contributed by atoms with Crippen LogP contribution in [0.2, 0.25) is 5.02 Å². The first-order chi connectivity index (χ1) is 10.9. The Morgan fingerprint density at radius 2 is 1.74 bits per heavy atom. The molecule has 2 aromatic rings. The third-order valence-electron chi connectivity index (χ3n) is 4.02. The van der Waals surface area contributed by atoms with E-state index in [9.17, 15) is 13.5 Å². The van der Waals surface area contributed by atoms with Gasteiger partial charge in [-0.15, -0.1) is 0 Å².